The molecule has 2 aromatic carbocycles. The van der Waals surface area contributed by atoms with Gasteiger partial charge in [0.15, 0.2) is 11.3 Å². The largest absolute Gasteiger partial charge is 0.490 e. The highest BCUT2D eigenvalue weighted by atomic mass is 32.2. The number of furan rings is 1. The van der Waals surface area contributed by atoms with Gasteiger partial charge in [-0.2, -0.15) is 8.42 Å². The van der Waals surface area contributed by atoms with Gasteiger partial charge in [0.1, 0.15) is 11.9 Å². The summed E-state index contributed by atoms with van der Waals surface area (Å²) in [5.74, 6) is -0.552. The third-order valence-electron chi connectivity index (χ3n) is 4.50. The van der Waals surface area contributed by atoms with Crippen molar-refractivity contribution in [3.8, 4) is 5.75 Å². The molecule has 1 heterocycles. The number of ether oxygens (including phenoxy) is 1. The molecule has 0 saturated heterocycles. The number of nitrogen functional groups attached to an aromatic ring is 1. The van der Waals surface area contributed by atoms with Crippen molar-refractivity contribution in [1.29, 1.82) is 5.41 Å². The number of fused-ring (bicyclic) bond motifs is 1. The number of carbonyl (C=O) groups is 1. The molecule has 0 saturated carbocycles. The molecule has 1 atom stereocenters. The number of nitrogens with two attached hydrogens (primary N) is 2. The molecule has 0 aliphatic carbocycles. The van der Waals surface area contributed by atoms with Crippen LogP contribution in [0.15, 0.2) is 47.1 Å². The van der Waals surface area contributed by atoms with Gasteiger partial charge >= 0.3 is 0 Å². The lowest BCUT2D eigenvalue weighted by Crippen LogP contribution is -2.41. The van der Waals surface area contributed by atoms with Crippen LogP contribution < -0.4 is 25.6 Å². The van der Waals surface area contributed by atoms with E-state index >= 15 is 0 Å². The lowest BCUT2D eigenvalue weighted by atomic mass is 10.0. The van der Waals surface area contributed by atoms with Gasteiger partial charge in [-0.1, -0.05) is 0 Å². The zero-order chi connectivity index (χ0) is 22.8. The fourth-order valence-corrected chi connectivity index (χ4v) is 3.49. The molecule has 0 bridgehead atoms. The summed E-state index contributed by atoms with van der Waals surface area (Å²) in [6.45, 7) is 4.03. The van der Waals surface area contributed by atoms with E-state index in [1.54, 1.807) is 47.4 Å². The molecular formula is C20H23N5O5S. The van der Waals surface area contributed by atoms with Crippen LogP contribution >= 0.6 is 0 Å². The Bertz CT molecular complexity index is 1230. The maximum atomic E-state index is 12.8. The van der Waals surface area contributed by atoms with E-state index in [-0.39, 0.29) is 5.84 Å². The second-order valence-corrected chi connectivity index (χ2v) is 8.12. The third-order valence-corrected chi connectivity index (χ3v) is 4.99. The number of amidine groups is 1. The molecule has 0 aliphatic rings. The predicted molar refractivity (Wildman–Crippen MR) is 117 cm³/mol. The standard InChI is InChI=1S/C20H23N5O5S/c1-3-29-16-9-13(8-15-11(2)10-30-18(15)16)17(20(26)25-31(23,27)28)24-14-6-4-12(5-7-14)19(21)22/h4-10,17,24H,3H2,1-2H3,(H3,21,22)(H,25,26)(H2,23,27,28). The van der Waals surface area contributed by atoms with E-state index in [0.717, 1.165) is 10.9 Å². The Labute approximate surface area is 179 Å². The second-order valence-electron chi connectivity index (χ2n) is 6.83. The Balaban J connectivity index is 2.08. The summed E-state index contributed by atoms with van der Waals surface area (Å²) in [7, 11) is -4.28. The van der Waals surface area contributed by atoms with Crippen LogP contribution in [-0.2, 0) is 15.0 Å². The number of aryl methyl sites for hydroxylation is 1. The first-order valence-corrected chi connectivity index (χ1v) is 10.8. The zero-order valence-electron chi connectivity index (χ0n) is 16.9. The highest BCUT2D eigenvalue weighted by molar-refractivity contribution is 7.87. The van der Waals surface area contributed by atoms with E-state index in [4.69, 9.17) is 25.4 Å². The van der Waals surface area contributed by atoms with Crippen LogP contribution in [-0.4, -0.2) is 26.8 Å². The molecular weight excluding hydrogens is 422 g/mol. The average Bonchev–Trinajstić information content (AvgIpc) is 3.06. The van der Waals surface area contributed by atoms with Crippen LogP contribution in [0, 0.1) is 12.3 Å². The molecule has 3 aromatic rings. The topological polar surface area (TPSA) is 174 Å². The molecule has 0 spiro atoms. The quantitative estimate of drug-likeness (QED) is 0.260. The summed E-state index contributed by atoms with van der Waals surface area (Å²) in [4.78, 5) is 12.8. The first kappa shape index (κ1) is 22.1. The maximum Gasteiger partial charge on any atom is 0.298 e. The first-order chi connectivity index (χ1) is 14.6. The predicted octanol–water partition coefficient (Wildman–Crippen LogP) is 1.90. The van der Waals surface area contributed by atoms with Crippen LogP contribution in [0.25, 0.3) is 11.0 Å². The minimum Gasteiger partial charge on any atom is -0.490 e. The number of carbonyl (C=O) groups excluding carboxylic acids is 1. The van der Waals surface area contributed by atoms with Crippen molar-refractivity contribution in [3.05, 3.63) is 59.4 Å². The average molecular weight is 446 g/mol. The fourth-order valence-electron chi connectivity index (χ4n) is 3.09. The Kier molecular flexibility index (Phi) is 6.18. The number of amides is 1. The molecule has 7 N–H and O–H groups in total. The monoisotopic (exact) mass is 445 g/mol. The van der Waals surface area contributed by atoms with Crippen LogP contribution in [0.4, 0.5) is 5.69 Å². The lowest BCUT2D eigenvalue weighted by molar-refractivity contribution is -0.120. The van der Waals surface area contributed by atoms with Gasteiger partial charge in [0.25, 0.3) is 16.1 Å². The smallest absolute Gasteiger partial charge is 0.298 e. The molecule has 31 heavy (non-hydrogen) atoms. The minimum atomic E-state index is -4.28. The van der Waals surface area contributed by atoms with E-state index in [2.05, 4.69) is 5.32 Å². The van der Waals surface area contributed by atoms with E-state index in [9.17, 15) is 13.2 Å². The second kappa shape index (κ2) is 8.66. The van der Waals surface area contributed by atoms with Crippen LogP contribution in [0.3, 0.4) is 0 Å². The number of rotatable bonds is 8. The number of hydrogen-bond donors (Lipinski definition) is 5. The van der Waals surface area contributed by atoms with Gasteiger partial charge < -0.3 is 20.2 Å². The summed E-state index contributed by atoms with van der Waals surface area (Å²) in [5.41, 5.74) is 8.27. The summed E-state index contributed by atoms with van der Waals surface area (Å²) >= 11 is 0. The van der Waals surface area contributed by atoms with Crippen LogP contribution in [0.1, 0.15) is 29.7 Å². The third kappa shape index (κ3) is 5.13. The van der Waals surface area contributed by atoms with Crippen molar-refractivity contribution in [2.45, 2.75) is 19.9 Å². The van der Waals surface area contributed by atoms with Gasteiger partial charge in [-0.25, -0.2) is 9.86 Å². The van der Waals surface area contributed by atoms with Gasteiger partial charge in [0.05, 0.1) is 12.9 Å². The maximum absolute atomic E-state index is 12.8. The number of benzene rings is 2. The Morgan fingerprint density at radius 1 is 1.26 bits per heavy atom. The minimum absolute atomic E-state index is 0.0997. The molecule has 1 unspecified atom stereocenters. The molecule has 164 valence electrons. The Morgan fingerprint density at radius 2 is 1.94 bits per heavy atom. The van der Waals surface area contributed by atoms with Gasteiger partial charge in [-0.15, -0.1) is 0 Å². The van der Waals surface area contributed by atoms with Crippen molar-refractivity contribution in [1.82, 2.24) is 4.72 Å². The van der Waals surface area contributed by atoms with Crippen molar-refractivity contribution in [2.24, 2.45) is 10.9 Å². The van der Waals surface area contributed by atoms with Crippen LogP contribution in [0.2, 0.25) is 0 Å². The van der Waals surface area contributed by atoms with Gasteiger partial charge in [-0.05, 0) is 61.4 Å². The summed E-state index contributed by atoms with van der Waals surface area (Å²) in [5, 5.41) is 16.2. The van der Waals surface area contributed by atoms with Gasteiger partial charge in [-0.3, -0.25) is 10.2 Å². The van der Waals surface area contributed by atoms with Gasteiger partial charge in [0, 0.05) is 16.6 Å². The molecule has 3 rings (SSSR count). The fraction of sp³-hybridized carbons (Fsp3) is 0.200. The van der Waals surface area contributed by atoms with E-state index in [0.29, 0.717) is 34.8 Å². The number of hydrogen-bond acceptors (Lipinski definition) is 7. The van der Waals surface area contributed by atoms with E-state index in [1.165, 1.54) is 0 Å². The summed E-state index contributed by atoms with van der Waals surface area (Å²) in [6, 6.07) is 8.67. The van der Waals surface area contributed by atoms with Crippen LogP contribution in [0.5, 0.6) is 5.75 Å². The summed E-state index contributed by atoms with van der Waals surface area (Å²) in [6.07, 6.45) is 1.57. The van der Waals surface area contributed by atoms with E-state index < -0.39 is 22.2 Å². The molecule has 10 nitrogen and oxygen atoms in total. The number of nitrogens with one attached hydrogen (secondary N) is 3. The van der Waals surface area contributed by atoms with Gasteiger partial charge in [0.2, 0.25) is 0 Å². The molecule has 0 radical (unpaired) electrons. The highest BCUT2D eigenvalue weighted by Crippen LogP contribution is 2.34. The molecule has 1 amide bonds. The van der Waals surface area contributed by atoms with Crippen molar-refractivity contribution >= 4 is 38.6 Å². The van der Waals surface area contributed by atoms with E-state index in [1.807, 2.05) is 13.8 Å². The number of anilines is 1. The molecule has 0 aliphatic heterocycles. The normalized spacial score (nSPS) is 12.4. The zero-order valence-corrected chi connectivity index (χ0v) is 17.7. The van der Waals surface area contributed by atoms with Crippen molar-refractivity contribution in [2.75, 3.05) is 11.9 Å². The molecule has 11 heteroatoms. The SMILES string of the molecule is CCOc1cc(C(Nc2ccc(C(=N)N)cc2)C(=O)NS(N)(=O)=O)cc2c(C)coc12. The summed E-state index contributed by atoms with van der Waals surface area (Å²) < 4.78 is 36.0. The molecule has 1 aromatic heterocycles. The highest BCUT2D eigenvalue weighted by Gasteiger charge is 2.26. The van der Waals surface area contributed by atoms with Crippen molar-refractivity contribution < 1.29 is 22.4 Å². The lowest BCUT2D eigenvalue weighted by Gasteiger charge is -2.20. The van der Waals surface area contributed by atoms with Crippen molar-refractivity contribution in [3.63, 3.8) is 0 Å². The molecule has 0 fully saturated rings. The Hall–Kier alpha value is -3.57. The Morgan fingerprint density at radius 3 is 2.52 bits per heavy atom. The first-order valence-electron chi connectivity index (χ1n) is 9.29.